The van der Waals surface area contributed by atoms with Gasteiger partial charge in [0, 0.05) is 4.88 Å². The first kappa shape index (κ1) is 7.80. The average Bonchev–Trinajstić information content (AvgIpc) is 2.31. The molecule has 0 aromatic carbocycles. The molecule has 0 saturated carbocycles. The maximum Gasteiger partial charge on any atom is 0.00170 e. The lowest BCUT2D eigenvalue weighted by atomic mass is 10.1. The lowest BCUT2D eigenvalue weighted by molar-refractivity contribution is 0.797. The molecule has 0 bridgehead atoms. The van der Waals surface area contributed by atoms with Crippen LogP contribution in [0.25, 0.3) is 0 Å². The standard InChI is InChI=1S/C9H14S/c1-3-4-5-9-6-8(2)10-7-9/h6-7H,3-5H2,1-2H3. The summed E-state index contributed by atoms with van der Waals surface area (Å²) in [6.45, 7) is 4.40. The van der Waals surface area contributed by atoms with Crippen molar-refractivity contribution in [3.05, 3.63) is 21.9 Å². The van der Waals surface area contributed by atoms with Gasteiger partial charge in [0.2, 0.25) is 0 Å². The number of rotatable bonds is 3. The van der Waals surface area contributed by atoms with Gasteiger partial charge in [-0.05, 0) is 36.8 Å². The van der Waals surface area contributed by atoms with Gasteiger partial charge in [-0.1, -0.05) is 13.3 Å². The molecule has 0 spiro atoms. The van der Waals surface area contributed by atoms with E-state index in [-0.39, 0.29) is 0 Å². The molecule has 0 aliphatic heterocycles. The van der Waals surface area contributed by atoms with Crippen LogP contribution in [0, 0.1) is 6.92 Å². The Balaban J connectivity index is 2.42. The highest BCUT2D eigenvalue weighted by Crippen LogP contribution is 2.14. The summed E-state index contributed by atoms with van der Waals surface area (Å²) < 4.78 is 0. The molecule has 10 heavy (non-hydrogen) atoms. The monoisotopic (exact) mass is 154 g/mol. The van der Waals surface area contributed by atoms with Crippen molar-refractivity contribution in [2.45, 2.75) is 33.1 Å². The summed E-state index contributed by atoms with van der Waals surface area (Å²) in [4.78, 5) is 1.44. The van der Waals surface area contributed by atoms with Crippen LogP contribution in [-0.2, 0) is 6.42 Å². The predicted octanol–water partition coefficient (Wildman–Crippen LogP) is 3.40. The van der Waals surface area contributed by atoms with Crippen LogP contribution in [0.5, 0.6) is 0 Å². The van der Waals surface area contributed by atoms with Gasteiger partial charge in [-0.3, -0.25) is 0 Å². The van der Waals surface area contributed by atoms with E-state index in [1.807, 2.05) is 11.3 Å². The van der Waals surface area contributed by atoms with E-state index in [0.29, 0.717) is 0 Å². The van der Waals surface area contributed by atoms with Crippen molar-refractivity contribution >= 4 is 11.3 Å². The van der Waals surface area contributed by atoms with Gasteiger partial charge in [-0.15, -0.1) is 11.3 Å². The van der Waals surface area contributed by atoms with Crippen LogP contribution in [0.3, 0.4) is 0 Å². The zero-order chi connectivity index (χ0) is 7.40. The van der Waals surface area contributed by atoms with Crippen molar-refractivity contribution in [1.29, 1.82) is 0 Å². The second-order valence-corrected chi connectivity index (χ2v) is 3.78. The van der Waals surface area contributed by atoms with Crippen molar-refractivity contribution in [1.82, 2.24) is 0 Å². The Bertz CT molecular complexity index is 188. The Hall–Kier alpha value is -0.300. The smallest absolute Gasteiger partial charge is 0.00170 e. The highest BCUT2D eigenvalue weighted by atomic mass is 32.1. The molecule has 56 valence electrons. The van der Waals surface area contributed by atoms with Gasteiger partial charge in [0.15, 0.2) is 0 Å². The van der Waals surface area contributed by atoms with Gasteiger partial charge in [0.25, 0.3) is 0 Å². The van der Waals surface area contributed by atoms with Gasteiger partial charge < -0.3 is 0 Å². The van der Waals surface area contributed by atoms with E-state index in [9.17, 15) is 0 Å². The summed E-state index contributed by atoms with van der Waals surface area (Å²) in [5.41, 5.74) is 1.52. The van der Waals surface area contributed by atoms with Crippen LogP contribution in [0.4, 0.5) is 0 Å². The number of unbranched alkanes of at least 4 members (excludes halogenated alkanes) is 1. The zero-order valence-electron chi connectivity index (χ0n) is 6.68. The van der Waals surface area contributed by atoms with E-state index in [0.717, 1.165) is 0 Å². The van der Waals surface area contributed by atoms with E-state index in [1.165, 1.54) is 29.7 Å². The third kappa shape index (κ3) is 2.14. The quantitative estimate of drug-likeness (QED) is 0.626. The fraction of sp³-hybridized carbons (Fsp3) is 0.556. The summed E-state index contributed by atoms with van der Waals surface area (Å²) in [6, 6.07) is 2.29. The Morgan fingerprint density at radius 2 is 2.30 bits per heavy atom. The van der Waals surface area contributed by atoms with E-state index >= 15 is 0 Å². The van der Waals surface area contributed by atoms with Crippen molar-refractivity contribution in [3.63, 3.8) is 0 Å². The minimum absolute atomic E-state index is 1.26. The van der Waals surface area contributed by atoms with Gasteiger partial charge in [0.05, 0.1) is 0 Å². The fourth-order valence-corrected chi connectivity index (χ4v) is 1.75. The minimum atomic E-state index is 1.26. The molecular weight excluding hydrogens is 140 g/mol. The molecule has 1 aromatic rings. The lowest BCUT2D eigenvalue weighted by Crippen LogP contribution is -1.78. The summed E-state index contributed by atoms with van der Waals surface area (Å²) in [6.07, 6.45) is 3.89. The van der Waals surface area contributed by atoms with E-state index in [2.05, 4.69) is 25.3 Å². The van der Waals surface area contributed by atoms with Gasteiger partial charge in [0.1, 0.15) is 0 Å². The van der Waals surface area contributed by atoms with Crippen LogP contribution in [0.1, 0.15) is 30.2 Å². The molecule has 0 aliphatic rings. The third-order valence-corrected chi connectivity index (χ3v) is 2.51. The van der Waals surface area contributed by atoms with Crippen molar-refractivity contribution in [2.75, 3.05) is 0 Å². The topological polar surface area (TPSA) is 0 Å². The molecule has 1 rings (SSSR count). The maximum atomic E-state index is 2.29. The fourth-order valence-electron chi connectivity index (χ4n) is 1.01. The molecule has 0 radical (unpaired) electrons. The second kappa shape index (κ2) is 3.77. The second-order valence-electron chi connectivity index (χ2n) is 2.67. The number of thiophene rings is 1. The van der Waals surface area contributed by atoms with Crippen molar-refractivity contribution in [3.8, 4) is 0 Å². The first-order chi connectivity index (χ1) is 4.83. The van der Waals surface area contributed by atoms with E-state index < -0.39 is 0 Å². The molecule has 0 N–H and O–H groups in total. The van der Waals surface area contributed by atoms with E-state index in [4.69, 9.17) is 0 Å². The highest BCUT2D eigenvalue weighted by molar-refractivity contribution is 7.10. The van der Waals surface area contributed by atoms with Gasteiger partial charge in [-0.25, -0.2) is 0 Å². The van der Waals surface area contributed by atoms with Crippen LogP contribution in [0.2, 0.25) is 0 Å². The molecular formula is C9H14S. The molecule has 1 heterocycles. The SMILES string of the molecule is CCCCc1csc(C)c1. The van der Waals surface area contributed by atoms with Crippen LogP contribution in [-0.4, -0.2) is 0 Å². The number of hydrogen-bond donors (Lipinski definition) is 0. The minimum Gasteiger partial charge on any atom is -0.149 e. The molecule has 0 nitrogen and oxygen atoms in total. The molecule has 0 amide bonds. The molecule has 0 unspecified atom stereocenters. The summed E-state index contributed by atoms with van der Waals surface area (Å²) in [5, 5.41) is 2.27. The molecule has 0 saturated heterocycles. The summed E-state index contributed by atoms with van der Waals surface area (Å²) in [7, 11) is 0. The number of hydrogen-bond acceptors (Lipinski definition) is 1. The van der Waals surface area contributed by atoms with Crippen LogP contribution >= 0.6 is 11.3 Å². The van der Waals surface area contributed by atoms with Crippen molar-refractivity contribution in [2.24, 2.45) is 0 Å². The first-order valence-electron chi connectivity index (χ1n) is 3.87. The Morgan fingerprint density at radius 1 is 1.50 bits per heavy atom. The summed E-state index contributed by atoms with van der Waals surface area (Å²) in [5.74, 6) is 0. The normalized spacial score (nSPS) is 10.2. The molecule has 1 heteroatoms. The first-order valence-corrected chi connectivity index (χ1v) is 4.75. The zero-order valence-corrected chi connectivity index (χ0v) is 7.50. The number of aryl methyl sites for hydroxylation is 2. The molecule has 1 aromatic heterocycles. The van der Waals surface area contributed by atoms with E-state index in [1.54, 1.807) is 0 Å². The lowest BCUT2D eigenvalue weighted by Gasteiger charge is -1.91. The molecule has 0 atom stereocenters. The van der Waals surface area contributed by atoms with Gasteiger partial charge in [-0.2, -0.15) is 0 Å². The van der Waals surface area contributed by atoms with Crippen LogP contribution in [0.15, 0.2) is 11.4 Å². The Morgan fingerprint density at radius 3 is 2.80 bits per heavy atom. The predicted molar refractivity (Wildman–Crippen MR) is 47.7 cm³/mol. The Kier molecular flexibility index (Phi) is 2.94. The summed E-state index contributed by atoms with van der Waals surface area (Å²) >= 11 is 1.85. The van der Waals surface area contributed by atoms with Crippen molar-refractivity contribution < 1.29 is 0 Å². The third-order valence-electron chi connectivity index (χ3n) is 1.60. The largest absolute Gasteiger partial charge is 0.149 e. The maximum absolute atomic E-state index is 2.29. The van der Waals surface area contributed by atoms with Crippen LogP contribution < -0.4 is 0 Å². The Labute approximate surface area is 66.9 Å². The van der Waals surface area contributed by atoms with Gasteiger partial charge >= 0.3 is 0 Å². The molecule has 0 aliphatic carbocycles. The average molecular weight is 154 g/mol. The molecule has 0 fully saturated rings. The highest BCUT2D eigenvalue weighted by Gasteiger charge is 1.93.